The highest BCUT2D eigenvalue weighted by Gasteiger charge is 2.47. The van der Waals surface area contributed by atoms with Crippen LogP contribution in [-0.2, 0) is 10.4 Å². The highest BCUT2D eigenvalue weighted by atomic mass is 79.9. The number of aliphatic hydroxyl groups is 1. The molecule has 2 N–H and O–H groups in total. The van der Waals surface area contributed by atoms with E-state index in [1.807, 2.05) is 0 Å². The van der Waals surface area contributed by atoms with Gasteiger partial charge in [0.1, 0.15) is 13.2 Å². The molecule has 0 saturated carbocycles. The summed E-state index contributed by atoms with van der Waals surface area (Å²) in [5.74, 6) is 0.103. The van der Waals surface area contributed by atoms with Crippen LogP contribution in [0.4, 0.5) is 5.69 Å². The first kappa shape index (κ1) is 16.1. The van der Waals surface area contributed by atoms with Gasteiger partial charge in [0.15, 0.2) is 22.9 Å². The fourth-order valence-electron chi connectivity index (χ4n) is 3.04. The zero-order valence-electron chi connectivity index (χ0n) is 13.0. The van der Waals surface area contributed by atoms with Gasteiger partial charge in [-0.15, -0.1) is 0 Å². The number of Topliss-reactive ketones (excluding diaryl/α,β-unsaturated/α-hetero) is 1. The Morgan fingerprint density at radius 1 is 1.16 bits per heavy atom. The molecule has 0 bridgehead atoms. The second kappa shape index (κ2) is 5.86. The average Bonchev–Trinajstić information content (AvgIpc) is 2.85. The van der Waals surface area contributed by atoms with Gasteiger partial charge in [0, 0.05) is 21.3 Å². The van der Waals surface area contributed by atoms with Crippen molar-refractivity contribution in [3.8, 4) is 11.5 Å². The first-order valence-electron chi connectivity index (χ1n) is 7.74. The third-order valence-electron chi connectivity index (χ3n) is 4.33. The van der Waals surface area contributed by atoms with Crippen molar-refractivity contribution in [3.63, 3.8) is 0 Å². The minimum atomic E-state index is -1.90. The molecule has 2 heterocycles. The van der Waals surface area contributed by atoms with Crippen molar-refractivity contribution >= 4 is 33.3 Å². The molecule has 0 aromatic heterocycles. The summed E-state index contributed by atoms with van der Waals surface area (Å²) in [7, 11) is 0. The number of ether oxygens (including phenoxy) is 2. The summed E-state index contributed by atoms with van der Waals surface area (Å²) in [4.78, 5) is 25.0. The molecule has 6 nitrogen and oxygen atoms in total. The lowest BCUT2D eigenvalue weighted by Crippen LogP contribution is -2.36. The van der Waals surface area contributed by atoms with Crippen LogP contribution in [0.2, 0.25) is 0 Å². The quantitative estimate of drug-likeness (QED) is 0.769. The van der Waals surface area contributed by atoms with E-state index in [1.165, 1.54) is 0 Å². The van der Waals surface area contributed by atoms with Crippen LogP contribution in [0.3, 0.4) is 0 Å². The molecule has 7 heteroatoms. The van der Waals surface area contributed by atoms with E-state index in [-0.39, 0.29) is 12.2 Å². The molecule has 0 aliphatic carbocycles. The number of hydrogen-bond acceptors (Lipinski definition) is 5. The Morgan fingerprint density at radius 2 is 1.92 bits per heavy atom. The van der Waals surface area contributed by atoms with Crippen molar-refractivity contribution in [2.24, 2.45) is 0 Å². The van der Waals surface area contributed by atoms with Crippen LogP contribution in [0.15, 0.2) is 40.9 Å². The molecule has 0 saturated heterocycles. The second-order valence-corrected chi connectivity index (χ2v) is 6.88. The van der Waals surface area contributed by atoms with Crippen molar-refractivity contribution in [3.05, 3.63) is 52.0 Å². The Hall–Kier alpha value is -2.38. The van der Waals surface area contributed by atoms with Crippen LogP contribution in [-0.4, -0.2) is 30.0 Å². The number of halogens is 1. The largest absolute Gasteiger partial charge is 0.486 e. The third kappa shape index (κ3) is 2.69. The van der Waals surface area contributed by atoms with Gasteiger partial charge in [0.25, 0.3) is 5.91 Å². The van der Waals surface area contributed by atoms with Crippen LogP contribution < -0.4 is 14.8 Å². The summed E-state index contributed by atoms with van der Waals surface area (Å²) in [5.41, 5.74) is -0.652. The van der Waals surface area contributed by atoms with Gasteiger partial charge in [-0.25, -0.2) is 0 Å². The summed E-state index contributed by atoms with van der Waals surface area (Å²) in [5, 5.41) is 13.5. The summed E-state index contributed by atoms with van der Waals surface area (Å²) in [6, 6.07) is 9.93. The van der Waals surface area contributed by atoms with Gasteiger partial charge in [0.05, 0.1) is 6.42 Å². The van der Waals surface area contributed by atoms with E-state index in [1.54, 1.807) is 36.4 Å². The topological polar surface area (TPSA) is 84.9 Å². The molecule has 2 aromatic carbocycles. The fraction of sp³-hybridized carbons (Fsp3) is 0.222. The molecule has 0 spiro atoms. The third-order valence-corrected chi connectivity index (χ3v) is 4.82. The molecular formula is C18H14BrNO5. The molecule has 0 fully saturated rings. The van der Waals surface area contributed by atoms with Gasteiger partial charge in [-0.1, -0.05) is 15.9 Å². The van der Waals surface area contributed by atoms with E-state index < -0.39 is 11.5 Å². The van der Waals surface area contributed by atoms with Gasteiger partial charge in [0.2, 0.25) is 0 Å². The predicted octanol–water partition coefficient (Wildman–Crippen LogP) is 2.63. The second-order valence-electron chi connectivity index (χ2n) is 5.96. The van der Waals surface area contributed by atoms with Gasteiger partial charge < -0.3 is 19.9 Å². The highest BCUT2D eigenvalue weighted by molar-refractivity contribution is 9.10. The first-order chi connectivity index (χ1) is 12.0. The highest BCUT2D eigenvalue weighted by Crippen LogP contribution is 2.41. The predicted molar refractivity (Wildman–Crippen MR) is 93.0 cm³/mol. The van der Waals surface area contributed by atoms with E-state index in [9.17, 15) is 14.7 Å². The Morgan fingerprint density at radius 3 is 2.72 bits per heavy atom. The Balaban J connectivity index is 1.65. The molecule has 4 rings (SSSR count). The smallest absolute Gasteiger partial charge is 0.261 e. The van der Waals surface area contributed by atoms with Crippen molar-refractivity contribution in [2.75, 3.05) is 18.5 Å². The number of rotatable bonds is 3. The molecule has 0 unspecified atom stereocenters. The monoisotopic (exact) mass is 403 g/mol. The van der Waals surface area contributed by atoms with Crippen molar-refractivity contribution < 1.29 is 24.2 Å². The molecule has 2 aromatic rings. The Kier molecular flexibility index (Phi) is 3.77. The van der Waals surface area contributed by atoms with Crippen LogP contribution in [0, 0.1) is 0 Å². The molecule has 1 amide bonds. The summed E-state index contributed by atoms with van der Waals surface area (Å²) < 4.78 is 11.6. The van der Waals surface area contributed by atoms with E-state index in [2.05, 4.69) is 21.2 Å². The number of anilines is 1. The zero-order chi connectivity index (χ0) is 17.6. The molecule has 2 aliphatic rings. The molecular weight excluding hydrogens is 390 g/mol. The Labute approximate surface area is 151 Å². The lowest BCUT2D eigenvalue weighted by Gasteiger charge is -2.21. The minimum Gasteiger partial charge on any atom is -0.486 e. The molecule has 25 heavy (non-hydrogen) atoms. The normalized spacial score (nSPS) is 20.8. The summed E-state index contributed by atoms with van der Waals surface area (Å²) in [6.45, 7) is 0.879. The molecule has 1 atom stereocenters. The number of ketones is 1. The average molecular weight is 404 g/mol. The van der Waals surface area contributed by atoms with Gasteiger partial charge in [-0.2, -0.15) is 0 Å². The van der Waals surface area contributed by atoms with Crippen molar-refractivity contribution in [1.82, 2.24) is 0 Å². The van der Waals surface area contributed by atoms with Crippen LogP contribution >= 0.6 is 15.9 Å². The van der Waals surface area contributed by atoms with Gasteiger partial charge in [-0.3, -0.25) is 9.59 Å². The maximum absolute atomic E-state index is 12.7. The van der Waals surface area contributed by atoms with E-state index in [0.29, 0.717) is 46.0 Å². The van der Waals surface area contributed by atoms with Crippen molar-refractivity contribution in [1.29, 1.82) is 0 Å². The van der Waals surface area contributed by atoms with Crippen LogP contribution in [0.5, 0.6) is 11.5 Å². The zero-order valence-corrected chi connectivity index (χ0v) is 14.6. The Bertz CT molecular complexity index is 897. The van der Waals surface area contributed by atoms with E-state index >= 15 is 0 Å². The number of carbonyl (C=O) groups excluding carboxylic acids is 2. The molecule has 128 valence electrons. The fourth-order valence-corrected chi connectivity index (χ4v) is 3.40. The minimum absolute atomic E-state index is 0.355. The number of fused-ring (bicyclic) bond motifs is 2. The lowest BCUT2D eigenvalue weighted by molar-refractivity contribution is -0.133. The van der Waals surface area contributed by atoms with Gasteiger partial charge >= 0.3 is 0 Å². The van der Waals surface area contributed by atoms with Crippen LogP contribution in [0.25, 0.3) is 0 Å². The number of nitrogens with one attached hydrogen (secondary N) is 1. The van der Waals surface area contributed by atoms with Crippen molar-refractivity contribution in [2.45, 2.75) is 12.0 Å². The van der Waals surface area contributed by atoms with E-state index in [4.69, 9.17) is 9.47 Å². The number of amides is 1. The number of carbonyl (C=O) groups is 2. The maximum atomic E-state index is 12.7. The van der Waals surface area contributed by atoms with Gasteiger partial charge in [-0.05, 0) is 36.4 Å². The molecule has 2 aliphatic heterocycles. The SMILES string of the molecule is O=C(C[C@]1(O)C(=O)Nc2ccc(Br)cc21)c1ccc2c(c1)OCCO2. The number of hydrogen-bond donors (Lipinski definition) is 2. The molecule has 0 radical (unpaired) electrons. The summed E-state index contributed by atoms with van der Waals surface area (Å²) in [6.07, 6.45) is -0.359. The van der Waals surface area contributed by atoms with E-state index in [0.717, 1.165) is 0 Å². The standard InChI is InChI=1S/C18H14BrNO5/c19-11-2-3-13-12(8-11)18(23,17(22)20-13)9-14(21)10-1-4-15-16(7-10)25-6-5-24-15/h1-4,7-8,23H,5-6,9H2,(H,20,22)/t18-/m1/s1. The lowest BCUT2D eigenvalue weighted by atomic mass is 9.88. The summed E-state index contributed by atoms with van der Waals surface area (Å²) >= 11 is 3.32. The maximum Gasteiger partial charge on any atom is 0.261 e. The van der Waals surface area contributed by atoms with Crippen LogP contribution in [0.1, 0.15) is 22.3 Å². The number of benzene rings is 2. The first-order valence-corrected chi connectivity index (χ1v) is 8.53.